The highest BCUT2D eigenvalue weighted by molar-refractivity contribution is 5.94. The lowest BCUT2D eigenvalue weighted by Gasteiger charge is -2.33. The quantitative estimate of drug-likeness (QED) is 0.0703. The summed E-state index contributed by atoms with van der Waals surface area (Å²) in [5, 5.41) is 11.4. The van der Waals surface area contributed by atoms with Gasteiger partial charge in [0.05, 0.1) is 11.8 Å². The Bertz CT molecular complexity index is 4810. The minimum Gasteiger partial charge on any atom is -0.361 e. The van der Waals surface area contributed by atoms with Crippen molar-refractivity contribution >= 4 is 79.1 Å². The van der Waals surface area contributed by atoms with Gasteiger partial charge < -0.3 is 53.9 Å². The molecule has 2 unspecified atom stereocenters. The smallest absolute Gasteiger partial charge is 0.274 e. The molecule has 10 aromatic rings. The van der Waals surface area contributed by atoms with Gasteiger partial charge in [0.2, 0.25) is 23.6 Å². The SMILES string of the molecule is CC(C)CN1CC(C(=O)N2CCC(c3c[nH]c4cc(F)ccc34)CC2)CC1=O.CCCc1cc(C(=O)N2CCC(c3c[nH]c4cc(F)ccc34)CC2)n[nH]1.Cn1cccc1C(=O)N1CCC(c2c[nH]c3cc(F)ccc23)CC1.O=C(C1CC(=O)N(C2CCCC2)C1)N1CCC(c2c[nH]c3cc(F)ccc23)CC1. The van der Waals surface area contributed by atoms with Gasteiger partial charge in [0.1, 0.15) is 34.7 Å². The summed E-state index contributed by atoms with van der Waals surface area (Å²) in [6.45, 7) is 14.0. The van der Waals surface area contributed by atoms with E-state index in [4.69, 9.17) is 0 Å². The lowest BCUT2D eigenvalue weighted by Crippen LogP contribution is -2.42. The van der Waals surface area contributed by atoms with Gasteiger partial charge in [-0.2, -0.15) is 5.10 Å². The number of likely N-dealkylation sites (tertiary alicyclic amines) is 6. The minimum atomic E-state index is -0.237. The molecule has 1 aliphatic carbocycles. The first-order valence-electron chi connectivity index (χ1n) is 38.8. The van der Waals surface area contributed by atoms with E-state index >= 15 is 0 Å². The monoisotopic (exact) mass is 1460 g/mol. The number of nitrogens with one attached hydrogen (secondary N) is 5. The van der Waals surface area contributed by atoms with Crippen LogP contribution in [-0.4, -0.2) is 178 Å². The number of carbonyl (C=O) groups excluding carboxylic acids is 6. The van der Waals surface area contributed by atoms with Crippen LogP contribution >= 0.6 is 0 Å². The first kappa shape index (κ1) is 73.9. The summed E-state index contributed by atoms with van der Waals surface area (Å²) < 4.78 is 55.4. The van der Waals surface area contributed by atoms with Crippen LogP contribution in [0.15, 0.2) is 122 Å². The second-order valence-electron chi connectivity index (χ2n) is 31.1. The van der Waals surface area contributed by atoms with E-state index in [-0.39, 0.29) is 70.5 Å². The molecular weight excluding hydrogens is 1360 g/mol. The highest BCUT2D eigenvalue weighted by Gasteiger charge is 2.42. The van der Waals surface area contributed by atoms with Crippen LogP contribution in [0.1, 0.15) is 190 Å². The molecule has 0 radical (unpaired) electrons. The van der Waals surface area contributed by atoms with Crippen molar-refractivity contribution in [3.8, 4) is 0 Å². The van der Waals surface area contributed by atoms with Crippen LogP contribution in [0, 0.1) is 41.0 Å². The molecule has 23 heteroatoms. The molecule has 19 nitrogen and oxygen atoms in total. The van der Waals surface area contributed by atoms with Crippen LogP contribution in [0.2, 0.25) is 0 Å². The average Bonchev–Trinajstić information content (AvgIpc) is 1.68. The molecule has 5 N–H and O–H groups in total. The Labute approximate surface area is 621 Å². The molecule has 107 heavy (non-hydrogen) atoms. The van der Waals surface area contributed by atoms with Crippen LogP contribution in [0.3, 0.4) is 0 Å². The van der Waals surface area contributed by atoms with Crippen LogP contribution in [0.4, 0.5) is 17.6 Å². The zero-order valence-corrected chi connectivity index (χ0v) is 61.8. The van der Waals surface area contributed by atoms with Gasteiger partial charge in [-0.3, -0.25) is 33.9 Å². The number of nitrogens with zero attached hydrogens (tertiary/aromatic N) is 8. The van der Waals surface area contributed by atoms with Gasteiger partial charge in [0, 0.05) is 178 Å². The van der Waals surface area contributed by atoms with Crippen molar-refractivity contribution in [1.29, 1.82) is 0 Å². The zero-order chi connectivity index (χ0) is 74.6. The first-order chi connectivity index (χ1) is 51.8. The number of carbonyl (C=O) groups is 6. The molecule has 6 saturated heterocycles. The molecule has 6 aliphatic heterocycles. The number of rotatable bonds is 13. The summed E-state index contributed by atoms with van der Waals surface area (Å²) in [6, 6.07) is 25.5. The van der Waals surface area contributed by atoms with E-state index in [1.165, 1.54) is 83.6 Å². The van der Waals surface area contributed by atoms with E-state index in [1.54, 1.807) is 0 Å². The fraction of sp³-hybridized carbons (Fsp3) is 0.464. The topological polar surface area (TPSA) is 219 Å². The molecule has 0 bridgehead atoms. The summed E-state index contributed by atoms with van der Waals surface area (Å²) in [4.78, 5) is 100. The molecule has 1 saturated carbocycles. The Morgan fingerprint density at radius 3 is 1.28 bits per heavy atom. The van der Waals surface area contributed by atoms with Crippen molar-refractivity contribution in [2.75, 3.05) is 72.0 Å². The van der Waals surface area contributed by atoms with Crippen molar-refractivity contribution in [3.05, 3.63) is 185 Å². The molecule has 6 aromatic heterocycles. The number of aryl methyl sites for hydroxylation is 2. The molecule has 0 spiro atoms. The summed E-state index contributed by atoms with van der Waals surface area (Å²) in [6.07, 6.45) is 24.3. The number of aromatic nitrogens is 7. The number of halogens is 4. The highest BCUT2D eigenvalue weighted by Crippen LogP contribution is 2.40. The molecule has 12 heterocycles. The second-order valence-corrected chi connectivity index (χ2v) is 31.1. The van der Waals surface area contributed by atoms with Gasteiger partial charge in [-0.15, -0.1) is 0 Å². The van der Waals surface area contributed by atoms with Gasteiger partial charge >= 0.3 is 0 Å². The Balaban J connectivity index is 0.000000120. The average molecular weight is 1460 g/mol. The molecule has 4 aromatic carbocycles. The van der Waals surface area contributed by atoms with Gasteiger partial charge in [-0.25, -0.2) is 17.6 Å². The van der Waals surface area contributed by atoms with E-state index in [2.05, 4.69) is 50.9 Å². The van der Waals surface area contributed by atoms with Crippen LogP contribution < -0.4 is 0 Å². The number of aromatic amines is 5. The fourth-order valence-corrected chi connectivity index (χ4v) is 17.9. The third kappa shape index (κ3) is 16.5. The van der Waals surface area contributed by atoms with Crippen molar-refractivity contribution in [2.24, 2.45) is 24.8 Å². The van der Waals surface area contributed by atoms with Gasteiger partial charge in [0.25, 0.3) is 11.8 Å². The second kappa shape index (κ2) is 32.7. The number of piperidine rings is 4. The zero-order valence-electron chi connectivity index (χ0n) is 61.8. The molecule has 7 aliphatic rings. The van der Waals surface area contributed by atoms with E-state index < -0.39 is 0 Å². The van der Waals surface area contributed by atoms with Crippen LogP contribution in [-0.2, 0) is 32.6 Å². The van der Waals surface area contributed by atoms with E-state index in [0.29, 0.717) is 93.4 Å². The van der Waals surface area contributed by atoms with Crippen molar-refractivity contribution in [1.82, 2.24) is 64.1 Å². The van der Waals surface area contributed by atoms with Crippen LogP contribution in [0.25, 0.3) is 43.6 Å². The van der Waals surface area contributed by atoms with Crippen molar-refractivity contribution < 1.29 is 46.3 Å². The standard InChI is InChI=1S/C23H28FN3O2.C22H28FN3O2.C20H23FN4O.C19H20FN3O/c24-17-5-6-19-20(13-25-21(19)12-17)15-7-9-26(10-8-15)23(29)16-11-22(28)27(14-16)18-3-1-2-4-18;1-14(2)12-26-13-16(9-21(26)27)22(28)25-7-5-15(6-8-25)19-11-24-20-10-17(23)3-4-18(19)20;1-2-3-15-11-19(24-23-15)20(26)25-8-6-13(7-9-25)17-12-22-18-10-14(21)4-5-16(17)18;1-22-8-2-3-18(22)19(24)23-9-6-13(7-10-23)16-12-21-17-11-14(20)4-5-15(16)17/h5-6,12-13,15-16,18,25H,1-4,7-11,14H2;3-4,10-11,14-16,24H,5-9,12-13H2,1-2H3;4-5,10-13,22H,2-3,6-9H2,1H3,(H,23,24);2-5,8,11-13,21H,6-7,9-10H2,1H3. The van der Waals surface area contributed by atoms with Gasteiger partial charge in [-0.05, 0) is 213 Å². The number of H-pyrrole nitrogens is 5. The number of fused-ring (bicyclic) bond motifs is 4. The number of hydrogen-bond donors (Lipinski definition) is 5. The highest BCUT2D eigenvalue weighted by atomic mass is 19.1. The lowest BCUT2D eigenvalue weighted by molar-refractivity contribution is -0.137. The molecular formula is C84H99F4N13O6. The molecule has 2 atom stereocenters. The summed E-state index contributed by atoms with van der Waals surface area (Å²) in [7, 11) is 1.89. The summed E-state index contributed by atoms with van der Waals surface area (Å²) in [5.74, 6) is 1.30. The maximum atomic E-state index is 13.4. The lowest BCUT2D eigenvalue weighted by atomic mass is 9.88. The number of hydrogen-bond acceptors (Lipinski definition) is 7. The predicted molar refractivity (Wildman–Crippen MR) is 405 cm³/mol. The normalized spacial score (nSPS) is 19.5. The van der Waals surface area contributed by atoms with E-state index in [0.717, 1.165) is 165 Å². The first-order valence-corrected chi connectivity index (χ1v) is 38.8. The van der Waals surface area contributed by atoms with Gasteiger partial charge in [-0.1, -0.05) is 40.0 Å². The Morgan fingerprint density at radius 2 is 0.888 bits per heavy atom. The number of amides is 6. The van der Waals surface area contributed by atoms with Crippen LogP contribution in [0.5, 0.6) is 0 Å². The Morgan fingerprint density at radius 1 is 0.495 bits per heavy atom. The summed E-state index contributed by atoms with van der Waals surface area (Å²) >= 11 is 0. The third-order valence-corrected chi connectivity index (χ3v) is 23.6. The van der Waals surface area contributed by atoms with E-state index in [1.807, 2.05) is 114 Å². The third-order valence-electron chi connectivity index (χ3n) is 23.6. The maximum absolute atomic E-state index is 13.4. The largest absolute Gasteiger partial charge is 0.361 e. The molecule has 17 rings (SSSR count). The Kier molecular flexibility index (Phi) is 22.6. The van der Waals surface area contributed by atoms with Crippen molar-refractivity contribution in [3.63, 3.8) is 0 Å². The predicted octanol–water partition coefficient (Wildman–Crippen LogP) is 15.0. The van der Waals surface area contributed by atoms with E-state index in [9.17, 15) is 46.3 Å². The maximum Gasteiger partial charge on any atom is 0.274 e. The Hall–Kier alpha value is -9.93. The molecule has 6 amide bonds. The fourth-order valence-electron chi connectivity index (χ4n) is 17.9. The molecule has 7 fully saturated rings. The van der Waals surface area contributed by atoms with Gasteiger partial charge in [0.15, 0.2) is 0 Å². The number of benzene rings is 4. The molecule has 564 valence electrons. The summed E-state index contributed by atoms with van der Waals surface area (Å²) in [5.41, 5.74) is 10.5. The minimum absolute atomic E-state index is 0.00282. The van der Waals surface area contributed by atoms with Crippen molar-refractivity contribution in [2.45, 2.75) is 153 Å².